The quantitative estimate of drug-likeness (QED) is 0.862. The zero-order valence-electron chi connectivity index (χ0n) is 9.16. The summed E-state index contributed by atoms with van der Waals surface area (Å²) in [6.07, 6.45) is 0. The molecule has 3 N–H and O–H groups in total. The number of rotatable bonds is 4. The van der Waals surface area contributed by atoms with Crippen LogP contribution in [0.4, 0.5) is 4.39 Å². The molecule has 0 saturated heterocycles. The summed E-state index contributed by atoms with van der Waals surface area (Å²) >= 11 is 5.70. The highest BCUT2D eigenvalue weighted by molar-refractivity contribution is 6.32. The van der Waals surface area contributed by atoms with Gasteiger partial charge in [0, 0.05) is 5.56 Å². The number of halogens is 2. The van der Waals surface area contributed by atoms with E-state index in [1.165, 1.54) is 14.2 Å². The van der Waals surface area contributed by atoms with Gasteiger partial charge in [0.2, 0.25) is 0 Å². The Balaban J connectivity index is 3.44. The number of ether oxygens (including phenoxy) is 2. The number of benzene rings is 1. The maximum absolute atomic E-state index is 13.8. The third-order valence-electron chi connectivity index (χ3n) is 2.18. The molecule has 0 saturated carbocycles. The number of carboxylic acid groups (broad SMARTS) is 1. The molecular weight excluding hydrogens is 253 g/mol. The highest BCUT2D eigenvalue weighted by Crippen LogP contribution is 2.39. The van der Waals surface area contributed by atoms with Crippen molar-refractivity contribution in [3.05, 3.63) is 22.5 Å². The first-order chi connectivity index (χ1) is 7.93. The highest BCUT2D eigenvalue weighted by atomic mass is 35.5. The van der Waals surface area contributed by atoms with Gasteiger partial charge < -0.3 is 20.3 Å². The molecule has 1 atom stereocenters. The van der Waals surface area contributed by atoms with Crippen LogP contribution in [0.1, 0.15) is 11.6 Å². The van der Waals surface area contributed by atoms with Crippen LogP contribution in [0.3, 0.4) is 0 Å². The summed E-state index contributed by atoms with van der Waals surface area (Å²) < 4.78 is 23.5. The van der Waals surface area contributed by atoms with Crippen molar-refractivity contribution in [1.82, 2.24) is 0 Å². The van der Waals surface area contributed by atoms with Gasteiger partial charge in [0.15, 0.2) is 17.3 Å². The Bertz CT molecular complexity index is 452. The molecule has 0 spiro atoms. The van der Waals surface area contributed by atoms with Crippen LogP contribution in [0.5, 0.6) is 11.5 Å². The third kappa shape index (κ3) is 2.42. The average molecular weight is 264 g/mol. The molecule has 0 aliphatic heterocycles. The molecule has 17 heavy (non-hydrogen) atoms. The van der Waals surface area contributed by atoms with Crippen LogP contribution in [0.25, 0.3) is 0 Å². The lowest BCUT2D eigenvalue weighted by Crippen LogP contribution is -2.22. The van der Waals surface area contributed by atoms with Gasteiger partial charge in [-0.1, -0.05) is 11.6 Å². The molecule has 7 heteroatoms. The van der Waals surface area contributed by atoms with Crippen LogP contribution in [0, 0.1) is 5.82 Å². The summed E-state index contributed by atoms with van der Waals surface area (Å²) in [5.74, 6) is -2.19. The van der Waals surface area contributed by atoms with Crippen molar-refractivity contribution in [2.24, 2.45) is 5.73 Å². The first-order valence-electron chi connectivity index (χ1n) is 4.52. The van der Waals surface area contributed by atoms with E-state index >= 15 is 0 Å². The van der Waals surface area contributed by atoms with E-state index in [0.717, 1.165) is 6.07 Å². The third-order valence-corrected chi connectivity index (χ3v) is 2.52. The van der Waals surface area contributed by atoms with E-state index in [4.69, 9.17) is 31.9 Å². The predicted octanol–water partition coefficient (Wildman–Crippen LogP) is 1.58. The predicted molar refractivity (Wildman–Crippen MR) is 59.1 cm³/mol. The Morgan fingerprint density at radius 3 is 2.53 bits per heavy atom. The number of hydrogen-bond acceptors (Lipinski definition) is 4. The molecule has 0 bridgehead atoms. The minimum atomic E-state index is -1.52. The largest absolute Gasteiger partial charge is 0.493 e. The summed E-state index contributed by atoms with van der Waals surface area (Å²) in [5.41, 5.74) is 5.06. The van der Waals surface area contributed by atoms with Gasteiger partial charge in [0.05, 0.1) is 14.2 Å². The highest BCUT2D eigenvalue weighted by Gasteiger charge is 2.25. The summed E-state index contributed by atoms with van der Waals surface area (Å²) in [6.45, 7) is 0. The molecule has 0 radical (unpaired) electrons. The second-order valence-electron chi connectivity index (χ2n) is 3.15. The standard InChI is InChI=1S/C10H11ClFNO4/c1-16-5-3-4(8(13)10(14)15)7(12)6(11)9(5)17-2/h3,8H,13H2,1-2H3,(H,14,15). The molecule has 0 aromatic heterocycles. The van der Waals surface area contributed by atoms with Crippen molar-refractivity contribution in [1.29, 1.82) is 0 Å². The first-order valence-corrected chi connectivity index (χ1v) is 4.90. The van der Waals surface area contributed by atoms with Crippen molar-refractivity contribution in [3.63, 3.8) is 0 Å². The molecule has 1 unspecified atom stereocenters. The van der Waals surface area contributed by atoms with Crippen molar-refractivity contribution >= 4 is 17.6 Å². The van der Waals surface area contributed by atoms with Crippen LogP contribution < -0.4 is 15.2 Å². The van der Waals surface area contributed by atoms with E-state index in [1.54, 1.807) is 0 Å². The summed E-state index contributed by atoms with van der Waals surface area (Å²) in [4.78, 5) is 10.7. The molecular formula is C10H11ClFNO4. The second-order valence-corrected chi connectivity index (χ2v) is 3.52. The topological polar surface area (TPSA) is 81.8 Å². The zero-order valence-corrected chi connectivity index (χ0v) is 9.92. The number of nitrogens with two attached hydrogens (primary N) is 1. The van der Waals surface area contributed by atoms with Crippen molar-refractivity contribution in [2.45, 2.75) is 6.04 Å². The summed E-state index contributed by atoms with van der Waals surface area (Å²) in [6, 6.07) is -0.369. The lowest BCUT2D eigenvalue weighted by molar-refractivity contribution is -0.138. The molecule has 5 nitrogen and oxygen atoms in total. The van der Waals surface area contributed by atoms with Gasteiger partial charge in [0.25, 0.3) is 0 Å². The number of aliphatic carboxylic acids is 1. The van der Waals surface area contributed by atoms with Crippen LogP contribution >= 0.6 is 11.6 Å². The number of hydrogen-bond donors (Lipinski definition) is 2. The fraction of sp³-hybridized carbons (Fsp3) is 0.300. The van der Waals surface area contributed by atoms with Crippen LogP contribution in [-0.4, -0.2) is 25.3 Å². The molecule has 0 aliphatic rings. The summed E-state index contributed by atoms with van der Waals surface area (Å²) in [7, 11) is 2.61. The Morgan fingerprint density at radius 2 is 2.12 bits per heavy atom. The van der Waals surface area contributed by atoms with Gasteiger partial charge >= 0.3 is 5.97 Å². The van der Waals surface area contributed by atoms with Crippen molar-refractivity contribution in [3.8, 4) is 11.5 Å². The molecule has 0 heterocycles. The fourth-order valence-electron chi connectivity index (χ4n) is 1.31. The average Bonchev–Trinajstić information content (AvgIpc) is 2.31. The van der Waals surface area contributed by atoms with E-state index in [2.05, 4.69) is 0 Å². The van der Waals surface area contributed by atoms with E-state index in [1.807, 2.05) is 0 Å². The van der Waals surface area contributed by atoms with Gasteiger partial charge in [0.1, 0.15) is 11.1 Å². The molecule has 1 aromatic rings. The fourth-order valence-corrected chi connectivity index (χ4v) is 1.59. The molecule has 94 valence electrons. The minimum Gasteiger partial charge on any atom is -0.493 e. The van der Waals surface area contributed by atoms with Crippen LogP contribution in [0.2, 0.25) is 5.02 Å². The van der Waals surface area contributed by atoms with Crippen LogP contribution in [-0.2, 0) is 4.79 Å². The van der Waals surface area contributed by atoms with Gasteiger partial charge in [-0.25, -0.2) is 4.39 Å². The monoisotopic (exact) mass is 263 g/mol. The first kappa shape index (κ1) is 13.5. The van der Waals surface area contributed by atoms with E-state index in [9.17, 15) is 9.18 Å². The van der Waals surface area contributed by atoms with E-state index < -0.39 is 17.8 Å². The van der Waals surface area contributed by atoms with Crippen molar-refractivity contribution < 1.29 is 23.8 Å². The Labute approximate surface area is 102 Å². The number of carboxylic acids is 1. The number of carbonyl (C=O) groups is 1. The molecule has 0 aliphatic carbocycles. The maximum atomic E-state index is 13.8. The molecule has 1 rings (SSSR count). The Hall–Kier alpha value is -1.53. The lowest BCUT2D eigenvalue weighted by atomic mass is 10.1. The molecule has 1 aromatic carbocycles. The zero-order chi connectivity index (χ0) is 13.2. The van der Waals surface area contributed by atoms with Crippen LogP contribution in [0.15, 0.2) is 6.07 Å². The van der Waals surface area contributed by atoms with Gasteiger partial charge in [-0.2, -0.15) is 0 Å². The molecule has 0 amide bonds. The van der Waals surface area contributed by atoms with Gasteiger partial charge in [-0.15, -0.1) is 0 Å². The number of methoxy groups -OCH3 is 2. The smallest absolute Gasteiger partial charge is 0.325 e. The normalized spacial score (nSPS) is 12.1. The Morgan fingerprint density at radius 1 is 1.53 bits per heavy atom. The second kappa shape index (κ2) is 5.20. The minimum absolute atomic E-state index is 0.00648. The van der Waals surface area contributed by atoms with Gasteiger partial charge in [-0.05, 0) is 6.07 Å². The van der Waals surface area contributed by atoms with E-state index in [-0.39, 0.29) is 22.1 Å². The Kier molecular flexibility index (Phi) is 4.14. The van der Waals surface area contributed by atoms with Gasteiger partial charge in [-0.3, -0.25) is 4.79 Å². The van der Waals surface area contributed by atoms with E-state index in [0.29, 0.717) is 0 Å². The SMILES string of the molecule is COc1cc(C(N)C(=O)O)c(F)c(Cl)c1OC. The lowest BCUT2D eigenvalue weighted by Gasteiger charge is -2.15. The van der Waals surface area contributed by atoms with Crippen molar-refractivity contribution in [2.75, 3.05) is 14.2 Å². The summed E-state index contributed by atoms with van der Waals surface area (Å²) in [5, 5.41) is 8.37. The molecule has 0 fully saturated rings. The maximum Gasteiger partial charge on any atom is 0.325 e.